The first-order valence-electron chi connectivity index (χ1n) is 8.19. The average molecular weight is 550 g/mol. The van der Waals surface area contributed by atoms with E-state index in [1.165, 1.54) is 0 Å². The number of aliphatic imine (C=N–C) groups is 1. The predicted molar refractivity (Wildman–Crippen MR) is 111 cm³/mol. The summed E-state index contributed by atoms with van der Waals surface area (Å²) in [5.74, 6) is 0.167. The lowest BCUT2D eigenvalue weighted by Gasteiger charge is -2.31. The van der Waals surface area contributed by atoms with Gasteiger partial charge in [-0.15, -0.1) is 24.0 Å². The van der Waals surface area contributed by atoms with Gasteiger partial charge >= 0.3 is 6.18 Å². The number of alkyl halides is 3. The maximum atomic E-state index is 12.7. The molecule has 0 aromatic heterocycles. The van der Waals surface area contributed by atoms with Crippen LogP contribution >= 0.6 is 39.9 Å². The van der Waals surface area contributed by atoms with Crippen LogP contribution in [0, 0.1) is 5.92 Å². The van der Waals surface area contributed by atoms with E-state index < -0.39 is 12.1 Å². The Bertz CT molecular complexity index is 605. The molecular formula is C17H24BrF3IN3O. The summed E-state index contributed by atoms with van der Waals surface area (Å²) in [6.45, 7) is 0.500. The van der Waals surface area contributed by atoms with Crippen LogP contribution < -0.4 is 15.4 Å². The zero-order chi connectivity index (χ0) is 18.4. The Kier molecular flexibility index (Phi) is 9.49. The molecular weight excluding hydrogens is 526 g/mol. The summed E-state index contributed by atoms with van der Waals surface area (Å²) in [4.78, 5) is 4.16. The topological polar surface area (TPSA) is 45.7 Å². The summed E-state index contributed by atoms with van der Waals surface area (Å²) in [5, 5.41) is 6.41. The van der Waals surface area contributed by atoms with Gasteiger partial charge in [-0.2, -0.15) is 13.2 Å². The Hall–Kier alpha value is -0.710. The van der Waals surface area contributed by atoms with E-state index in [1.807, 2.05) is 18.2 Å². The minimum absolute atomic E-state index is 0. The van der Waals surface area contributed by atoms with Crippen molar-refractivity contribution in [1.82, 2.24) is 10.6 Å². The number of halogens is 5. The van der Waals surface area contributed by atoms with Crippen molar-refractivity contribution < 1.29 is 17.9 Å². The van der Waals surface area contributed by atoms with Crippen LogP contribution in [0.15, 0.2) is 27.7 Å². The summed E-state index contributed by atoms with van der Waals surface area (Å²) in [7, 11) is 3.26. The SMILES string of the molecule is CN=C(NCc1cc(Br)ccc1OC)NC1CCC(C(F)(F)F)CC1.I. The molecule has 1 fully saturated rings. The number of hydrogen-bond donors (Lipinski definition) is 2. The van der Waals surface area contributed by atoms with Crippen molar-refractivity contribution in [2.75, 3.05) is 14.2 Å². The molecule has 9 heteroatoms. The van der Waals surface area contributed by atoms with Gasteiger partial charge in [-0.05, 0) is 43.9 Å². The van der Waals surface area contributed by atoms with Crippen molar-refractivity contribution in [3.63, 3.8) is 0 Å². The highest BCUT2D eigenvalue weighted by Gasteiger charge is 2.41. The molecule has 0 heterocycles. The van der Waals surface area contributed by atoms with E-state index in [9.17, 15) is 13.2 Å². The van der Waals surface area contributed by atoms with Crippen LogP contribution in [-0.2, 0) is 6.54 Å². The maximum absolute atomic E-state index is 12.7. The van der Waals surface area contributed by atoms with Crippen molar-refractivity contribution in [3.8, 4) is 5.75 Å². The average Bonchev–Trinajstić information content (AvgIpc) is 2.58. The number of benzene rings is 1. The van der Waals surface area contributed by atoms with Gasteiger partial charge in [0.2, 0.25) is 0 Å². The number of nitrogens with zero attached hydrogens (tertiary/aromatic N) is 1. The standard InChI is InChI=1S/C17H23BrF3N3O.HI/c1-22-16(23-10-11-9-13(18)5-8-15(11)25-2)24-14-6-3-12(4-7-14)17(19,20)21;/h5,8-9,12,14H,3-4,6-7,10H2,1-2H3,(H2,22,23,24);1H. The van der Waals surface area contributed by atoms with E-state index in [1.54, 1.807) is 14.2 Å². The fourth-order valence-corrected chi connectivity index (χ4v) is 3.43. The number of guanidine groups is 1. The number of rotatable bonds is 4. The van der Waals surface area contributed by atoms with Gasteiger partial charge in [-0.3, -0.25) is 4.99 Å². The molecule has 1 saturated carbocycles. The lowest BCUT2D eigenvalue weighted by atomic mass is 9.85. The van der Waals surface area contributed by atoms with Crippen molar-refractivity contribution >= 4 is 45.9 Å². The van der Waals surface area contributed by atoms with Crippen LogP contribution in [0.2, 0.25) is 0 Å². The number of ether oxygens (including phenoxy) is 1. The molecule has 0 atom stereocenters. The Labute approximate surface area is 177 Å². The number of hydrogen-bond acceptors (Lipinski definition) is 2. The van der Waals surface area contributed by atoms with E-state index >= 15 is 0 Å². The van der Waals surface area contributed by atoms with Gasteiger partial charge in [0, 0.05) is 29.7 Å². The summed E-state index contributed by atoms with van der Waals surface area (Å²) >= 11 is 3.43. The van der Waals surface area contributed by atoms with Gasteiger partial charge < -0.3 is 15.4 Å². The van der Waals surface area contributed by atoms with Gasteiger partial charge in [0.05, 0.1) is 13.0 Å². The van der Waals surface area contributed by atoms with Crippen molar-refractivity contribution in [1.29, 1.82) is 0 Å². The quantitative estimate of drug-likeness (QED) is 0.320. The van der Waals surface area contributed by atoms with E-state index in [4.69, 9.17) is 4.74 Å². The molecule has 4 nitrogen and oxygen atoms in total. The summed E-state index contributed by atoms with van der Waals surface area (Å²) in [6, 6.07) is 5.73. The van der Waals surface area contributed by atoms with Crippen molar-refractivity contribution in [3.05, 3.63) is 28.2 Å². The second kappa shape index (κ2) is 10.6. The number of methoxy groups -OCH3 is 1. The van der Waals surface area contributed by atoms with E-state index in [0.717, 1.165) is 15.8 Å². The van der Waals surface area contributed by atoms with Crippen LogP contribution in [0.4, 0.5) is 13.2 Å². The molecule has 26 heavy (non-hydrogen) atoms. The molecule has 0 spiro atoms. The van der Waals surface area contributed by atoms with Gasteiger partial charge in [-0.25, -0.2) is 0 Å². The fraction of sp³-hybridized carbons (Fsp3) is 0.588. The summed E-state index contributed by atoms with van der Waals surface area (Å²) in [5.41, 5.74) is 0.959. The highest BCUT2D eigenvalue weighted by Crippen LogP contribution is 2.37. The van der Waals surface area contributed by atoms with Crippen LogP contribution in [-0.4, -0.2) is 32.3 Å². The van der Waals surface area contributed by atoms with Gasteiger partial charge in [0.25, 0.3) is 0 Å². The second-order valence-corrected chi connectivity index (χ2v) is 7.03. The first kappa shape index (κ1) is 23.3. The normalized spacial score (nSPS) is 20.9. The second-order valence-electron chi connectivity index (χ2n) is 6.12. The molecule has 0 saturated heterocycles. The van der Waals surface area contributed by atoms with Gasteiger partial charge in [0.15, 0.2) is 5.96 Å². The third-order valence-corrected chi connectivity index (χ3v) is 4.94. The molecule has 0 unspecified atom stereocenters. The lowest BCUT2D eigenvalue weighted by Crippen LogP contribution is -2.45. The monoisotopic (exact) mass is 549 g/mol. The predicted octanol–water partition coefficient (Wildman–Crippen LogP) is 4.86. The molecule has 2 rings (SSSR count). The van der Waals surface area contributed by atoms with Crippen molar-refractivity contribution in [2.45, 2.75) is 44.4 Å². The molecule has 1 aromatic carbocycles. The molecule has 0 aliphatic heterocycles. The molecule has 1 aromatic rings. The minimum atomic E-state index is -4.08. The minimum Gasteiger partial charge on any atom is -0.496 e. The maximum Gasteiger partial charge on any atom is 0.391 e. The first-order valence-corrected chi connectivity index (χ1v) is 8.99. The third-order valence-electron chi connectivity index (χ3n) is 4.44. The Morgan fingerprint density at radius 3 is 2.46 bits per heavy atom. The first-order chi connectivity index (χ1) is 11.8. The van der Waals surface area contributed by atoms with E-state index in [0.29, 0.717) is 25.3 Å². The third kappa shape index (κ3) is 6.79. The van der Waals surface area contributed by atoms with Crippen LogP contribution in [0.25, 0.3) is 0 Å². The summed E-state index contributed by atoms with van der Waals surface area (Å²) < 4.78 is 44.5. The Balaban J connectivity index is 0.00000338. The number of nitrogens with one attached hydrogen (secondary N) is 2. The largest absolute Gasteiger partial charge is 0.496 e. The zero-order valence-electron chi connectivity index (χ0n) is 14.7. The van der Waals surface area contributed by atoms with Crippen molar-refractivity contribution in [2.24, 2.45) is 10.9 Å². The zero-order valence-corrected chi connectivity index (χ0v) is 18.6. The van der Waals surface area contributed by atoms with Crippen LogP contribution in [0.5, 0.6) is 5.75 Å². The highest BCUT2D eigenvalue weighted by atomic mass is 127. The van der Waals surface area contributed by atoms with Gasteiger partial charge in [-0.1, -0.05) is 15.9 Å². The lowest BCUT2D eigenvalue weighted by molar-refractivity contribution is -0.182. The molecule has 2 N–H and O–H groups in total. The molecule has 0 amide bonds. The smallest absolute Gasteiger partial charge is 0.391 e. The molecule has 0 radical (unpaired) electrons. The van der Waals surface area contributed by atoms with Gasteiger partial charge in [0.1, 0.15) is 5.75 Å². The Morgan fingerprint density at radius 1 is 1.27 bits per heavy atom. The molecule has 1 aliphatic carbocycles. The molecule has 1 aliphatic rings. The summed E-state index contributed by atoms with van der Waals surface area (Å²) in [6.07, 6.45) is -2.77. The highest BCUT2D eigenvalue weighted by molar-refractivity contribution is 14.0. The Morgan fingerprint density at radius 2 is 1.92 bits per heavy atom. The fourth-order valence-electron chi connectivity index (χ4n) is 3.02. The van der Waals surface area contributed by atoms with Crippen LogP contribution in [0.3, 0.4) is 0 Å². The van der Waals surface area contributed by atoms with Crippen LogP contribution in [0.1, 0.15) is 31.2 Å². The van der Waals surface area contributed by atoms with E-state index in [2.05, 4.69) is 31.6 Å². The molecule has 148 valence electrons. The molecule has 0 bridgehead atoms. The van der Waals surface area contributed by atoms with E-state index in [-0.39, 0.29) is 42.9 Å².